The van der Waals surface area contributed by atoms with E-state index in [0.29, 0.717) is 22.9 Å². The molecule has 4 aromatic carbocycles. The van der Waals surface area contributed by atoms with E-state index < -0.39 is 11.9 Å². The van der Waals surface area contributed by atoms with E-state index in [2.05, 4.69) is 10.2 Å². The lowest BCUT2D eigenvalue weighted by Crippen LogP contribution is -1.97. The van der Waals surface area contributed by atoms with Gasteiger partial charge in [-0.1, -0.05) is 24.3 Å². The molecule has 35 heavy (non-hydrogen) atoms. The minimum atomic E-state index is -0.976. The van der Waals surface area contributed by atoms with E-state index in [9.17, 15) is 9.59 Å². The minimum absolute atomic E-state index is 0.222. The number of fused-ring (bicyclic) bond motifs is 2. The fraction of sp³-hybridized carbons (Fsp3) is 0.0370. The van der Waals surface area contributed by atoms with Crippen LogP contribution in [0.3, 0.4) is 0 Å². The summed E-state index contributed by atoms with van der Waals surface area (Å²) in [5.41, 5.74) is 1.16. The van der Waals surface area contributed by atoms with Gasteiger partial charge in [0.15, 0.2) is 0 Å². The van der Waals surface area contributed by atoms with Gasteiger partial charge in [-0.05, 0) is 77.0 Å². The molecule has 1 heterocycles. The van der Waals surface area contributed by atoms with Gasteiger partial charge in [0, 0.05) is 11.6 Å². The van der Waals surface area contributed by atoms with Crippen molar-refractivity contribution in [3.63, 3.8) is 0 Å². The second kappa shape index (κ2) is 8.75. The van der Waals surface area contributed by atoms with Crippen molar-refractivity contribution in [2.45, 2.75) is 6.92 Å². The number of ether oxygens (including phenoxy) is 2. The summed E-state index contributed by atoms with van der Waals surface area (Å²) < 4.78 is 11.7. The Morgan fingerprint density at radius 1 is 0.629 bits per heavy atom. The van der Waals surface area contributed by atoms with Crippen molar-refractivity contribution in [3.05, 3.63) is 95.6 Å². The maximum Gasteiger partial charge on any atom is 0.335 e. The molecule has 0 bridgehead atoms. The Labute approximate surface area is 199 Å². The number of nitrogens with zero attached hydrogens (tertiary/aromatic N) is 2. The number of hydrogen-bond acceptors (Lipinski definition) is 6. The van der Waals surface area contributed by atoms with E-state index in [-0.39, 0.29) is 17.0 Å². The molecule has 0 spiro atoms. The molecule has 2 N–H and O–H groups in total. The van der Waals surface area contributed by atoms with E-state index >= 15 is 0 Å². The second-order valence-corrected chi connectivity index (χ2v) is 7.93. The van der Waals surface area contributed by atoms with Gasteiger partial charge in [-0.3, -0.25) is 0 Å². The topological polar surface area (TPSA) is 119 Å². The van der Waals surface area contributed by atoms with Crippen LogP contribution >= 0.6 is 0 Å². The monoisotopic (exact) mass is 466 g/mol. The van der Waals surface area contributed by atoms with Crippen LogP contribution in [0.2, 0.25) is 0 Å². The van der Waals surface area contributed by atoms with Gasteiger partial charge in [0.1, 0.15) is 11.5 Å². The summed E-state index contributed by atoms with van der Waals surface area (Å²) in [5.74, 6) is -0.262. The van der Waals surface area contributed by atoms with Crippen LogP contribution in [0.1, 0.15) is 26.3 Å². The molecule has 8 heteroatoms. The lowest BCUT2D eigenvalue weighted by atomic mass is 10.1. The van der Waals surface area contributed by atoms with Crippen molar-refractivity contribution >= 4 is 33.5 Å². The quantitative estimate of drug-likeness (QED) is 0.309. The average molecular weight is 466 g/mol. The number of carboxylic acids is 2. The molecular weight excluding hydrogens is 448 g/mol. The van der Waals surface area contributed by atoms with Crippen LogP contribution in [0.5, 0.6) is 23.3 Å². The summed E-state index contributed by atoms with van der Waals surface area (Å²) in [5, 5.41) is 29.8. The number of benzene rings is 4. The van der Waals surface area contributed by atoms with E-state index in [1.54, 1.807) is 78.9 Å². The van der Waals surface area contributed by atoms with Gasteiger partial charge in [0.25, 0.3) is 0 Å². The van der Waals surface area contributed by atoms with Gasteiger partial charge in [-0.2, -0.15) is 0 Å². The fourth-order valence-electron chi connectivity index (χ4n) is 3.67. The molecule has 8 nitrogen and oxygen atoms in total. The van der Waals surface area contributed by atoms with E-state index in [0.717, 1.165) is 21.5 Å². The Kier molecular flexibility index (Phi) is 5.46. The number of hydrogen-bond donors (Lipinski definition) is 2. The molecular formula is C27H18N2O6. The average Bonchev–Trinajstić information content (AvgIpc) is 2.85. The van der Waals surface area contributed by atoms with E-state index in [1.165, 1.54) is 0 Å². The third-order valence-electron chi connectivity index (χ3n) is 5.47. The summed E-state index contributed by atoms with van der Waals surface area (Å²) in [6.07, 6.45) is 0. The fourth-order valence-corrected chi connectivity index (χ4v) is 3.67. The highest BCUT2D eigenvalue weighted by atomic mass is 16.5. The second-order valence-electron chi connectivity index (χ2n) is 7.93. The van der Waals surface area contributed by atoms with Crippen LogP contribution in [-0.2, 0) is 0 Å². The summed E-state index contributed by atoms with van der Waals surface area (Å²) in [4.78, 5) is 22.3. The first-order chi connectivity index (χ1) is 16.9. The van der Waals surface area contributed by atoms with E-state index in [1.807, 2.05) is 6.92 Å². The smallest absolute Gasteiger partial charge is 0.335 e. The molecule has 0 fully saturated rings. The summed E-state index contributed by atoms with van der Waals surface area (Å²) in [6, 6.07) is 22.1. The van der Waals surface area contributed by atoms with Crippen LogP contribution in [0.4, 0.5) is 0 Å². The minimum Gasteiger partial charge on any atom is -0.478 e. The molecule has 172 valence electrons. The highest BCUT2D eigenvalue weighted by Crippen LogP contribution is 2.30. The molecule has 0 aliphatic heterocycles. The molecule has 0 radical (unpaired) electrons. The van der Waals surface area contributed by atoms with Crippen molar-refractivity contribution in [1.82, 2.24) is 10.2 Å². The number of aromatic carboxylic acids is 2. The third kappa shape index (κ3) is 4.58. The highest BCUT2D eigenvalue weighted by molar-refractivity contribution is 5.95. The zero-order chi connectivity index (χ0) is 24.5. The van der Waals surface area contributed by atoms with Crippen molar-refractivity contribution in [2.75, 3.05) is 0 Å². The number of aromatic nitrogens is 2. The summed E-state index contributed by atoms with van der Waals surface area (Å²) >= 11 is 0. The van der Waals surface area contributed by atoms with Gasteiger partial charge in [-0.15, -0.1) is 10.2 Å². The van der Waals surface area contributed by atoms with Crippen LogP contribution in [-0.4, -0.2) is 32.3 Å². The first kappa shape index (κ1) is 21.8. The lowest BCUT2D eigenvalue weighted by Gasteiger charge is -2.10. The molecule has 1 aromatic heterocycles. The van der Waals surface area contributed by atoms with Crippen molar-refractivity contribution in [3.8, 4) is 23.3 Å². The first-order valence-electron chi connectivity index (χ1n) is 10.6. The molecule has 0 amide bonds. The normalized spacial score (nSPS) is 10.9. The number of carboxylic acid groups (broad SMARTS) is 2. The van der Waals surface area contributed by atoms with Gasteiger partial charge >= 0.3 is 11.9 Å². The zero-order valence-corrected chi connectivity index (χ0v) is 18.4. The Morgan fingerprint density at radius 2 is 1.11 bits per heavy atom. The predicted octanol–water partition coefficient (Wildman–Crippen LogP) is 6.07. The van der Waals surface area contributed by atoms with Gasteiger partial charge in [0.05, 0.1) is 11.1 Å². The largest absolute Gasteiger partial charge is 0.478 e. The molecule has 0 aliphatic carbocycles. The maximum atomic E-state index is 11.2. The van der Waals surface area contributed by atoms with Crippen molar-refractivity contribution < 1.29 is 29.3 Å². The molecule has 0 saturated heterocycles. The molecule has 0 aliphatic rings. The van der Waals surface area contributed by atoms with Gasteiger partial charge in [-0.25, -0.2) is 9.59 Å². The van der Waals surface area contributed by atoms with Gasteiger partial charge < -0.3 is 19.7 Å². The Hall–Kier alpha value is -4.98. The number of aryl methyl sites for hydroxylation is 1. The molecule has 0 saturated carbocycles. The Morgan fingerprint density at radius 3 is 1.63 bits per heavy atom. The zero-order valence-electron chi connectivity index (χ0n) is 18.4. The van der Waals surface area contributed by atoms with Crippen LogP contribution in [0.25, 0.3) is 21.5 Å². The number of rotatable bonds is 6. The standard InChI is InChI=1S/C27H18N2O6/c1-15-10-24(34-22-8-6-16-11-20(26(30)31)4-2-18(16)13-22)28-29-25(15)35-23-9-7-17-12-21(27(32)33)5-3-19(17)14-23/h2-14H,1H3,(H,30,31)(H,32,33). The summed E-state index contributed by atoms with van der Waals surface area (Å²) in [7, 11) is 0. The molecule has 5 aromatic rings. The lowest BCUT2D eigenvalue weighted by molar-refractivity contribution is 0.0686. The van der Waals surface area contributed by atoms with E-state index in [4.69, 9.17) is 19.7 Å². The number of carbonyl (C=O) groups is 2. The van der Waals surface area contributed by atoms with Crippen LogP contribution in [0, 0.1) is 6.92 Å². The maximum absolute atomic E-state index is 11.2. The predicted molar refractivity (Wildman–Crippen MR) is 129 cm³/mol. The molecule has 5 rings (SSSR count). The Balaban J connectivity index is 1.34. The first-order valence-corrected chi connectivity index (χ1v) is 10.6. The van der Waals surface area contributed by atoms with Crippen molar-refractivity contribution in [2.24, 2.45) is 0 Å². The van der Waals surface area contributed by atoms with Crippen molar-refractivity contribution in [1.29, 1.82) is 0 Å². The summed E-state index contributed by atoms with van der Waals surface area (Å²) in [6.45, 7) is 1.82. The highest BCUT2D eigenvalue weighted by Gasteiger charge is 2.11. The van der Waals surface area contributed by atoms with Crippen LogP contribution in [0.15, 0.2) is 78.9 Å². The van der Waals surface area contributed by atoms with Crippen LogP contribution < -0.4 is 9.47 Å². The Bertz CT molecular complexity index is 1630. The SMILES string of the molecule is Cc1cc(Oc2ccc3cc(C(=O)O)ccc3c2)nnc1Oc1ccc2cc(C(=O)O)ccc2c1. The third-order valence-corrected chi connectivity index (χ3v) is 5.47. The molecule has 0 atom stereocenters. The van der Waals surface area contributed by atoms with Gasteiger partial charge in [0.2, 0.25) is 11.8 Å². The molecule has 0 unspecified atom stereocenters.